The van der Waals surface area contributed by atoms with E-state index in [1.807, 2.05) is 6.07 Å². The Labute approximate surface area is 114 Å². The molecule has 2 rings (SSSR count). The molecule has 0 bridgehead atoms. The van der Waals surface area contributed by atoms with Crippen LogP contribution in [0.2, 0.25) is 0 Å². The molecule has 1 aliphatic rings. The van der Waals surface area contributed by atoms with Crippen LogP contribution in [0.15, 0.2) is 29.2 Å². The molecule has 106 valence electrons. The zero-order valence-corrected chi connectivity index (χ0v) is 12.0. The van der Waals surface area contributed by atoms with Gasteiger partial charge in [-0.25, -0.2) is 13.1 Å². The summed E-state index contributed by atoms with van der Waals surface area (Å²) in [4.78, 5) is 0.267. The van der Waals surface area contributed by atoms with Crippen molar-refractivity contribution in [3.8, 4) is 0 Å². The maximum atomic E-state index is 11.9. The molecule has 2 N–H and O–H groups in total. The van der Waals surface area contributed by atoms with Gasteiger partial charge in [-0.15, -0.1) is 0 Å². The molecule has 6 heteroatoms. The molecule has 0 radical (unpaired) electrons. The molecule has 1 heterocycles. The smallest absolute Gasteiger partial charge is 0.242 e. The van der Waals surface area contributed by atoms with Gasteiger partial charge in [-0.1, -0.05) is 12.1 Å². The molecule has 19 heavy (non-hydrogen) atoms. The summed E-state index contributed by atoms with van der Waals surface area (Å²) in [6, 6.07) is 6.88. The van der Waals surface area contributed by atoms with Crippen molar-refractivity contribution < 1.29 is 13.2 Å². The highest BCUT2D eigenvalue weighted by molar-refractivity contribution is 7.89. The Hall–Kier alpha value is -1.11. The SMILES string of the molecule is CNS(=O)(=O)c1ccccc1NCC1CCC(C)O1. The molecule has 2 atom stereocenters. The van der Waals surface area contributed by atoms with Gasteiger partial charge in [0.25, 0.3) is 0 Å². The first kappa shape index (κ1) is 14.3. The van der Waals surface area contributed by atoms with Crippen LogP contribution in [0.25, 0.3) is 0 Å². The lowest BCUT2D eigenvalue weighted by atomic mass is 10.2. The molecule has 1 fully saturated rings. The van der Waals surface area contributed by atoms with Crippen molar-refractivity contribution >= 4 is 15.7 Å². The van der Waals surface area contributed by atoms with Gasteiger partial charge in [0.1, 0.15) is 4.90 Å². The van der Waals surface area contributed by atoms with Gasteiger partial charge in [-0.3, -0.25) is 0 Å². The lowest BCUT2D eigenvalue weighted by Gasteiger charge is -2.15. The molecule has 0 amide bonds. The van der Waals surface area contributed by atoms with E-state index in [2.05, 4.69) is 17.0 Å². The Balaban J connectivity index is 2.08. The predicted molar refractivity (Wildman–Crippen MR) is 74.7 cm³/mol. The molecule has 1 aliphatic heterocycles. The molecule has 1 aromatic rings. The van der Waals surface area contributed by atoms with Gasteiger partial charge < -0.3 is 10.1 Å². The van der Waals surface area contributed by atoms with Crippen LogP contribution in [0.5, 0.6) is 0 Å². The number of benzene rings is 1. The highest BCUT2D eigenvalue weighted by Crippen LogP contribution is 2.23. The molecule has 0 spiro atoms. The zero-order chi connectivity index (χ0) is 13.9. The second-order valence-corrected chi connectivity index (χ2v) is 6.59. The van der Waals surface area contributed by atoms with E-state index in [0.717, 1.165) is 12.8 Å². The Morgan fingerprint density at radius 3 is 2.68 bits per heavy atom. The molecule has 5 nitrogen and oxygen atoms in total. The van der Waals surface area contributed by atoms with Gasteiger partial charge in [-0.2, -0.15) is 0 Å². The Morgan fingerprint density at radius 2 is 2.05 bits per heavy atom. The van der Waals surface area contributed by atoms with Gasteiger partial charge in [0.2, 0.25) is 10.0 Å². The van der Waals surface area contributed by atoms with Crippen LogP contribution in [-0.2, 0) is 14.8 Å². The van der Waals surface area contributed by atoms with Crippen molar-refractivity contribution in [1.29, 1.82) is 0 Å². The molecule has 1 aromatic carbocycles. The van der Waals surface area contributed by atoms with Crippen LogP contribution in [0, 0.1) is 0 Å². The maximum Gasteiger partial charge on any atom is 0.242 e. The van der Waals surface area contributed by atoms with Gasteiger partial charge in [0.05, 0.1) is 17.9 Å². The number of ether oxygens (including phenoxy) is 1. The first-order valence-corrected chi connectivity index (χ1v) is 7.93. The third-order valence-corrected chi connectivity index (χ3v) is 4.76. The second kappa shape index (κ2) is 5.90. The zero-order valence-electron chi connectivity index (χ0n) is 11.2. The molecular weight excluding hydrogens is 264 g/mol. The third-order valence-electron chi connectivity index (χ3n) is 3.29. The summed E-state index contributed by atoms with van der Waals surface area (Å²) in [7, 11) is -2.03. The van der Waals surface area contributed by atoms with Gasteiger partial charge in [0.15, 0.2) is 0 Å². The summed E-state index contributed by atoms with van der Waals surface area (Å²) in [5.41, 5.74) is 0.611. The number of rotatable bonds is 5. The van der Waals surface area contributed by atoms with Crippen LogP contribution in [0.3, 0.4) is 0 Å². The van der Waals surface area contributed by atoms with Crippen molar-refractivity contribution in [2.75, 3.05) is 18.9 Å². The average Bonchev–Trinajstić information content (AvgIpc) is 2.82. The van der Waals surface area contributed by atoms with Gasteiger partial charge >= 0.3 is 0 Å². The van der Waals surface area contributed by atoms with E-state index >= 15 is 0 Å². The van der Waals surface area contributed by atoms with Crippen molar-refractivity contribution in [2.24, 2.45) is 0 Å². The van der Waals surface area contributed by atoms with Crippen molar-refractivity contribution in [3.63, 3.8) is 0 Å². The van der Waals surface area contributed by atoms with E-state index in [4.69, 9.17) is 4.74 Å². The monoisotopic (exact) mass is 284 g/mol. The highest BCUT2D eigenvalue weighted by Gasteiger charge is 2.22. The number of para-hydroxylation sites is 1. The minimum Gasteiger partial charge on any atom is -0.381 e. The minimum absolute atomic E-state index is 0.153. The van der Waals surface area contributed by atoms with E-state index in [1.165, 1.54) is 7.05 Å². The third kappa shape index (κ3) is 3.46. The number of hydrogen-bond acceptors (Lipinski definition) is 4. The standard InChI is InChI=1S/C13H20N2O3S/c1-10-7-8-11(18-10)9-15-12-5-3-4-6-13(12)19(16,17)14-2/h3-6,10-11,14-15H,7-9H2,1-2H3. The Morgan fingerprint density at radius 1 is 1.32 bits per heavy atom. The summed E-state index contributed by atoms with van der Waals surface area (Å²) in [6.45, 7) is 2.68. The highest BCUT2D eigenvalue weighted by atomic mass is 32.2. The quantitative estimate of drug-likeness (QED) is 0.861. The largest absolute Gasteiger partial charge is 0.381 e. The lowest BCUT2D eigenvalue weighted by Crippen LogP contribution is -2.23. The van der Waals surface area contributed by atoms with Crippen molar-refractivity contribution in [2.45, 2.75) is 36.9 Å². The lowest BCUT2D eigenvalue weighted by molar-refractivity contribution is 0.0636. The van der Waals surface area contributed by atoms with Crippen LogP contribution in [0.1, 0.15) is 19.8 Å². The topological polar surface area (TPSA) is 67.4 Å². The summed E-state index contributed by atoms with van der Waals surface area (Å²) in [5, 5.41) is 3.17. The van der Waals surface area contributed by atoms with Crippen LogP contribution in [-0.4, -0.2) is 34.2 Å². The number of sulfonamides is 1. The molecule has 0 aliphatic carbocycles. The summed E-state index contributed by atoms with van der Waals surface area (Å²) in [6.07, 6.45) is 2.52. The predicted octanol–water partition coefficient (Wildman–Crippen LogP) is 1.57. The van der Waals surface area contributed by atoms with Gasteiger partial charge in [-0.05, 0) is 38.9 Å². The molecule has 1 saturated heterocycles. The minimum atomic E-state index is -3.44. The van der Waals surface area contributed by atoms with Crippen molar-refractivity contribution in [1.82, 2.24) is 4.72 Å². The van der Waals surface area contributed by atoms with Crippen LogP contribution in [0.4, 0.5) is 5.69 Å². The molecule has 2 unspecified atom stereocenters. The summed E-state index contributed by atoms with van der Waals surface area (Å²) in [5.74, 6) is 0. The van der Waals surface area contributed by atoms with E-state index < -0.39 is 10.0 Å². The summed E-state index contributed by atoms with van der Waals surface area (Å²) >= 11 is 0. The van der Waals surface area contributed by atoms with E-state index in [0.29, 0.717) is 18.3 Å². The summed E-state index contributed by atoms with van der Waals surface area (Å²) < 4.78 is 31.8. The van der Waals surface area contributed by atoms with Crippen molar-refractivity contribution in [3.05, 3.63) is 24.3 Å². The van der Waals surface area contributed by atoms with E-state index in [9.17, 15) is 8.42 Å². The van der Waals surface area contributed by atoms with Gasteiger partial charge in [0, 0.05) is 6.54 Å². The Bertz CT molecular complexity index is 530. The van der Waals surface area contributed by atoms with E-state index in [1.54, 1.807) is 18.2 Å². The first-order valence-electron chi connectivity index (χ1n) is 6.45. The fourth-order valence-electron chi connectivity index (χ4n) is 2.22. The second-order valence-electron chi connectivity index (χ2n) is 4.73. The number of anilines is 1. The Kier molecular flexibility index (Phi) is 4.44. The normalized spacial score (nSPS) is 23.5. The fourth-order valence-corrected chi connectivity index (χ4v) is 3.12. The number of hydrogen-bond donors (Lipinski definition) is 2. The maximum absolute atomic E-state index is 11.9. The molecule has 0 aromatic heterocycles. The van der Waals surface area contributed by atoms with Crippen LogP contribution < -0.4 is 10.0 Å². The first-order chi connectivity index (χ1) is 9.03. The molecular formula is C13H20N2O3S. The number of nitrogens with one attached hydrogen (secondary N) is 2. The fraction of sp³-hybridized carbons (Fsp3) is 0.538. The van der Waals surface area contributed by atoms with E-state index in [-0.39, 0.29) is 11.0 Å². The molecule has 0 saturated carbocycles. The average molecular weight is 284 g/mol. The van der Waals surface area contributed by atoms with Crippen LogP contribution >= 0.6 is 0 Å².